The highest BCUT2D eigenvalue weighted by Gasteiger charge is 2.16. The largest absolute Gasteiger partial charge is 0.352 e. The third-order valence-corrected chi connectivity index (χ3v) is 2.97. The predicted octanol–water partition coefficient (Wildman–Crippen LogP) is 1.18. The third-order valence-electron chi connectivity index (χ3n) is 2.70. The minimum absolute atomic E-state index is 0.0810. The SMILES string of the molecule is O=C(CCCCl)NCC(=O)NC1CCCC1. The van der Waals surface area contributed by atoms with Gasteiger partial charge in [-0.15, -0.1) is 11.6 Å². The molecule has 2 N–H and O–H groups in total. The van der Waals surface area contributed by atoms with Gasteiger partial charge < -0.3 is 10.6 Å². The number of hydrogen-bond donors (Lipinski definition) is 2. The van der Waals surface area contributed by atoms with E-state index >= 15 is 0 Å². The van der Waals surface area contributed by atoms with Crippen LogP contribution in [0.25, 0.3) is 0 Å². The van der Waals surface area contributed by atoms with Crippen LogP contribution in [0.2, 0.25) is 0 Å². The van der Waals surface area contributed by atoms with Crippen molar-refractivity contribution in [1.82, 2.24) is 10.6 Å². The van der Waals surface area contributed by atoms with E-state index < -0.39 is 0 Å². The van der Waals surface area contributed by atoms with Gasteiger partial charge in [-0.25, -0.2) is 0 Å². The first-order chi connectivity index (χ1) is 7.72. The highest BCUT2D eigenvalue weighted by Crippen LogP contribution is 2.17. The van der Waals surface area contributed by atoms with Gasteiger partial charge in [0.25, 0.3) is 0 Å². The van der Waals surface area contributed by atoms with E-state index in [1.165, 1.54) is 12.8 Å². The second-order valence-electron chi connectivity index (χ2n) is 4.12. The molecule has 2 amide bonds. The predicted molar refractivity (Wildman–Crippen MR) is 63.4 cm³/mol. The minimum atomic E-state index is -0.109. The number of hydrogen-bond acceptors (Lipinski definition) is 2. The molecular weight excluding hydrogens is 228 g/mol. The number of rotatable bonds is 6. The Morgan fingerprint density at radius 1 is 1.19 bits per heavy atom. The molecule has 1 rings (SSSR count). The average Bonchev–Trinajstić information content (AvgIpc) is 2.76. The molecule has 0 aromatic heterocycles. The van der Waals surface area contributed by atoms with Crippen molar-refractivity contribution < 1.29 is 9.59 Å². The summed E-state index contributed by atoms with van der Waals surface area (Å²) in [7, 11) is 0. The lowest BCUT2D eigenvalue weighted by Gasteiger charge is -2.12. The molecule has 0 aromatic rings. The minimum Gasteiger partial charge on any atom is -0.352 e. The second-order valence-corrected chi connectivity index (χ2v) is 4.50. The molecule has 0 spiro atoms. The van der Waals surface area contributed by atoms with Gasteiger partial charge in [0, 0.05) is 18.3 Å². The number of amides is 2. The van der Waals surface area contributed by atoms with Crippen LogP contribution < -0.4 is 10.6 Å². The van der Waals surface area contributed by atoms with E-state index in [2.05, 4.69) is 10.6 Å². The molecule has 1 saturated carbocycles. The Labute approximate surface area is 101 Å². The highest BCUT2D eigenvalue weighted by atomic mass is 35.5. The van der Waals surface area contributed by atoms with Crippen LogP contribution in [0, 0.1) is 0 Å². The molecule has 16 heavy (non-hydrogen) atoms. The Balaban J connectivity index is 2.07. The summed E-state index contributed by atoms with van der Waals surface area (Å²) < 4.78 is 0. The zero-order valence-electron chi connectivity index (χ0n) is 9.43. The van der Waals surface area contributed by atoms with Crippen LogP contribution in [0.15, 0.2) is 0 Å². The lowest BCUT2D eigenvalue weighted by molar-refractivity contribution is -0.126. The maximum atomic E-state index is 11.4. The van der Waals surface area contributed by atoms with Crippen molar-refractivity contribution in [2.24, 2.45) is 0 Å². The first-order valence-corrected chi connectivity index (χ1v) is 6.38. The molecule has 1 aliphatic rings. The molecule has 0 atom stereocenters. The first-order valence-electron chi connectivity index (χ1n) is 5.84. The number of carbonyl (C=O) groups is 2. The molecule has 0 saturated heterocycles. The van der Waals surface area contributed by atoms with Crippen molar-refractivity contribution in [2.45, 2.75) is 44.6 Å². The van der Waals surface area contributed by atoms with Crippen LogP contribution in [0.4, 0.5) is 0 Å². The molecule has 0 bridgehead atoms. The maximum Gasteiger partial charge on any atom is 0.239 e. The quantitative estimate of drug-likeness (QED) is 0.692. The van der Waals surface area contributed by atoms with Crippen LogP contribution in [0.3, 0.4) is 0 Å². The van der Waals surface area contributed by atoms with E-state index in [9.17, 15) is 9.59 Å². The Morgan fingerprint density at radius 2 is 1.88 bits per heavy atom. The zero-order valence-corrected chi connectivity index (χ0v) is 10.2. The summed E-state index contributed by atoms with van der Waals surface area (Å²) >= 11 is 5.46. The average molecular weight is 247 g/mol. The van der Waals surface area contributed by atoms with Crippen molar-refractivity contribution in [3.63, 3.8) is 0 Å². The van der Waals surface area contributed by atoms with Gasteiger partial charge in [-0.2, -0.15) is 0 Å². The number of alkyl halides is 1. The van der Waals surface area contributed by atoms with Crippen LogP contribution in [-0.4, -0.2) is 30.3 Å². The first kappa shape index (κ1) is 13.3. The normalized spacial score (nSPS) is 16.1. The van der Waals surface area contributed by atoms with Gasteiger partial charge in [-0.3, -0.25) is 9.59 Å². The standard InChI is InChI=1S/C11H19ClN2O2/c12-7-3-6-10(15)13-8-11(16)14-9-4-1-2-5-9/h9H,1-8H2,(H,13,15)(H,14,16). The van der Waals surface area contributed by atoms with Gasteiger partial charge in [0.15, 0.2) is 0 Å². The zero-order chi connectivity index (χ0) is 11.8. The van der Waals surface area contributed by atoms with E-state index in [1.807, 2.05) is 0 Å². The third kappa shape index (κ3) is 5.35. The molecule has 0 aromatic carbocycles. The Kier molecular flexibility index (Phi) is 6.23. The summed E-state index contributed by atoms with van der Waals surface area (Å²) in [5.41, 5.74) is 0. The fourth-order valence-corrected chi connectivity index (χ4v) is 1.98. The summed E-state index contributed by atoms with van der Waals surface area (Å²) in [5.74, 6) is 0.273. The van der Waals surface area contributed by atoms with Crippen molar-refractivity contribution in [3.8, 4) is 0 Å². The van der Waals surface area contributed by atoms with Gasteiger partial charge in [0.1, 0.15) is 0 Å². The van der Waals surface area contributed by atoms with Crippen LogP contribution in [0.5, 0.6) is 0 Å². The Hall–Kier alpha value is -0.770. The van der Waals surface area contributed by atoms with Gasteiger partial charge in [0.2, 0.25) is 11.8 Å². The Bertz CT molecular complexity index is 240. The molecular formula is C11H19ClN2O2. The summed E-state index contributed by atoms with van der Waals surface area (Å²) in [6.45, 7) is 0.0810. The highest BCUT2D eigenvalue weighted by molar-refractivity contribution is 6.17. The van der Waals surface area contributed by atoms with Crippen molar-refractivity contribution in [3.05, 3.63) is 0 Å². The molecule has 0 unspecified atom stereocenters. The molecule has 0 aliphatic heterocycles. The number of nitrogens with one attached hydrogen (secondary N) is 2. The van der Waals surface area contributed by atoms with Crippen molar-refractivity contribution in [1.29, 1.82) is 0 Å². The van der Waals surface area contributed by atoms with E-state index in [0.717, 1.165) is 12.8 Å². The summed E-state index contributed by atoms with van der Waals surface area (Å²) in [6, 6.07) is 0.312. The fraction of sp³-hybridized carbons (Fsp3) is 0.818. The van der Waals surface area contributed by atoms with E-state index in [-0.39, 0.29) is 18.4 Å². The van der Waals surface area contributed by atoms with Gasteiger partial charge >= 0.3 is 0 Å². The number of carbonyl (C=O) groups excluding carboxylic acids is 2. The van der Waals surface area contributed by atoms with E-state index in [1.54, 1.807) is 0 Å². The molecule has 92 valence electrons. The van der Waals surface area contributed by atoms with Gasteiger partial charge in [-0.05, 0) is 19.3 Å². The lowest BCUT2D eigenvalue weighted by atomic mass is 10.2. The van der Waals surface area contributed by atoms with Crippen molar-refractivity contribution >= 4 is 23.4 Å². The fourth-order valence-electron chi connectivity index (χ4n) is 1.84. The molecule has 4 nitrogen and oxygen atoms in total. The second kappa shape index (κ2) is 7.49. The Morgan fingerprint density at radius 3 is 2.50 bits per heavy atom. The molecule has 1 aliphatic carbocycles. The summed E-state index contributed by atoms with van der Waals surface area (Å²) in [4.78, 5) is 22.6. The van der Waals surface area contributed by atoms with Crippen LogP contribution in [-0.2, 0) is 9.59 Å². The summed E-state index contributed by atoms with van der Waals surface area (Å²) in [5, 5.41) is 5.49. The van der Waals surface area contributed by atoms with Crippen LogP contribution >= 0.6 is 11.6 Å². The molecule has 5 heteroatoms. The monoisotopic (exact) mass is 246 g/mol. The smallest absolute Gasteiger partial charge is 0.239 e. The number of halogens is 1. The molecule has 1 fully saturated rings. The van der Waals surface area contributed by atoms with Crippen LogP contribution in [0.1, 0.15) is 38.5 Å². The lowest BCUT2D eigenvalue weighted by Crippen LogP contribution is -2.40. The molecule has 0 radical (unpaired) electrons. The maximum absolute atomic E-state index is 11.4. The summed E-state index contributed by atoms with van der Waals surface area (Å²) in [6.07, 6.45) is 5.54. The molecule has 0 heterocycles. The van der Waals surface area contributed by atoms with Crippen molar-refractivity contribution in [2.75, 3.05) is 12.4 Å². The van der Waals surface area contributed by atoms with E-state index in [4.69, 9.17) is 11.6 Å². The van der Waals surface area contributed by atoms with Gasteiger partial charge in [-0.1, -0.05) is 12.8 Å². The van der Waals surface area contributed by atoms with E-state index in [0.29, 0.717) is 24.8 Å². The van der Waals surface area contributed by atoms with Gasteiger partial charge in [0.05, 0.1) is 6.54 Å². The topological polar surface area (TPSA) is 58.2 Å².